The fraction of sp³-hybridized carbons (Fsp3) is 0.778. The molecule has 0 spiro atoms. The number of fused-ring (bicyclic) bond motifs is 2. The molecule has 134 valence electrons. The second kappa shape index (κ2) is 8.06. The summed E-state index contributed by atoms with van der Waals surface area (Å²) >= 11 is 0. The van der Waals surface area contributed by atoms with Crippen molar-refractivity contribution >= 4 is 29.9 Å². The summed E-state index contributed by atoms with van der Waals surface area (Å²) in [5.74, 6) is 4.10. The second-order valence-corrected chi connectivity index (χ2v) is 7.41. The van der Waals surface area contributed by atoms with Crippen LogP contribution in [-0.4, -0.2) is 40.5 Å². The van der Waals surface area contributed by atoms with Gasteiger partial charge in [-0.1, -0.05) is 12.8 Å². The lowest BCUT2D eigenvalue weighted by Gasteiger charge is -2.22. The third-order valence-electron chi connectivity index (χ3n) is 5.87. The summed E-state index contributed by atoms with van der Waals surface area (Å²) < 4.78 is 2.33. The Morgan fingerprint density at radius 1 is 1.21 bits per heavy atom. The molecule has 3 aliphatic rings. The van der Waals surface area contributed by atoms with Crippen molar-refractivity contribution in [2.45, 2.75) is 58.0 Å². The van der Waals surface area contributed by atoms with Crippen LogP contribution >= 0.6 is 24.0 Å². The first kappa shape index (κ1) is 18.0. The van der Waals surface area contributed by atoms with Gasteiger partial charge in [0.2, 0.25) is 0 Å². The molecule has 2 fully saturated rings. The van der Waals surface area contributed by atoms with Crippen LogP contribution in [0.4, 0.5) is 0 Å². The van der Waals surface area contributed by atoms with E-state index in [1.54, 1.807) is 0 Å². The van der Waals surface area contributed by atoms with Gasteiger partial charge < -0.3 is 14.8 Å². The maximum Gasteiger partial charge on any atom is 0.193 e. The maximum atomic E-state index is 4.78. The first-order valence-electron chi connectivity index (χ1n) is 9.34. The molecular formula is C18H30IN5. The number of hydrogen-bond acceptors (Lipinski definition) is 2. The molecule has 24 heavy (non-hydrogen) atoms. The van der Waals surface area contributed by atoms with Gasteiger partial charge in [-0.2, -0.15) is 0 Å². The highest BCUT2D eigenvalue weighted by Gasteiger charge is 2.35. The molecule has 1 N–H and O–H groups in total. The predicted octanol–water partition coefficient (Wildman–Crippen LogP) is 3.03. The first-order valence-corrected chi connectivity index (χ1v) is 9.34. The molecule has 1 aromatic heterocycles. The Balaban J connectivity index is 0.00000169. The van der Waals surface area contributed by atoms with Gasteiger partial charge in [0.05, 0.1) is 12.2 Å². The highest BCUT2D eigenvalue weighted by atomic mass is 127. The molecule has 1 aliphatic carbocycles. The predicted molar refractivity (Wildman–Crippen MR) is 108 cm³/mol. The standard InChI is InChI=1S/C18H29N5.HI/c1-19-18(23-11-14-6-2-3-7-15(14)12-23)20-10-16-13-22-9-5-4-8-17(22)21-16;/h13-15H,2-12H2,1H3,(H,19,20);1H. The molecule has 2 unspecified atom stereocenters. The fourth-order valence-electron chi connectivity index (χ4n) is 4.64. The van der Waals surface area contributed by atoms with Gasteiger partial charge in [0.1, 0.15) is 5.82 Å². The van der Waals surface area contributed by atoms with Crippen molar-refractivity contribution in [2.24, 2.45) is 16.8 Å². The van der Waals surface area contributed by atoms with Crippen molar-refractivity contribution in [2.75, 3.05) is 20.1 Å². The third kappa shape index (κ3) is 3.73. The Morgan fingerprint density at radius 2 is 1.96 bits per heavy atom. The number of imidazole rings is 1. The lowest BCUT2D eigenvalue weighted by Crippen LogP contribution is -2.40. The van der Waals surface area contributed by atoms with E-state index in [0.29, 0.717) is 0 Å². The van der Waals surface area contributed by atoms with E-state index in [4.69, 9.17) is 4.98 Å². The molecule has 0 aromatic carbocycles. The molecule has 2 atom stereocenters. The quantitative estimate of drug-likeness (QED) is 0.434. The number of halogens is 1. The summed E-state index contributed by atoms with van der Waals surface area (Å²) in [6, 6.07) is 0. The van der Waals surface area contributed by atoms with Crippen LogP contribution in [0.15, 0.2) is 11.2 Å². The molecule has 4 rings (SSSR count). The molecule has 2 aliphatic heterocycles. The summed E-state index contributed by atoms with van der Waals surface area (Å²) in [5, 5.41) is 3.55. The molecule has 1 saturated heterocycles. The van der Waals surface area contributed by atoms with Crippen molar-refractivity contribution in [3.63, 3.8) is 0 Å². The number of aryl methyl sites for hydroxylation is 2. The third-order valence-corrected chi connectivity index (χ3v) is 5.87. The summed E-state index contributed by atoms with van der Waals surface area (Å²) in [6.45, 7) is 4.29. The van der Waals surface area contributed by atoms with Gasteiger partial charge in [-0.05, 0) is 37.5 Å². The van der Waals surface area contributed by atoms with Crippen LogP contribution in [-0.2, 0) is 19.5 Å². The van der Waals surface area contributed by atoms with Crippen LogP contribution in [0, 0.1) is 11.8 Å². The largest absolute Gasteiger partial charge is 0.351 e. The SMILES string of the molecule is CN=C(NCc1cn2c(n1)CCCC2)N1CC2CCCCC2C1.I. The van der Waals surface area contributed by atoms with E-state index < -0.39 is 0 Å². The van der Waals surface area contributed by atoms with Gasteiger partial charge in [0.15, 0.2) is 5.96 Å². The molecule has 0 bridgehead atoms. The lowest BCUT2D eigenvalue weighted by atomic mass is 9.82. The lowest BCUT2D eigenvalue weighted by molar-refractivity contribution is 0.299. The van der Waals surface area contributed by atoms with E-state index in [1.807, 2.05) is 7.05 Å². The van der Waals surface area contributed by atoms with Crippen LogP contribution < -0.4 is 5.32 Å². The minimum absolute atomic E-state index is 0. The highest BCUT2D eigenvalue weighted by molar-refractivity contribution is 14.0. The van der Waals surface area contributed by atoms with Crippen molar-refractivity contribution in [3.05, 3.63) is 17.7 Å². The number of nitrogens with zero attached hydrogens (tertiary/aromatic N) is 4. The van der Waals surface area contributed by atoms with E-state index in [2.05, 4.69) is 26.0 Å². The zero-order chi connectivity index (χ0) is 15.6. The average Bonchev–Trinajstić information content (AvgIpc) is 3.18. The van der Waals surface area contributed by atoms with E-state index in [-0.39, 0.29) is 24.0 Å². The maximum absolute atomic E-state index is 4.78. The number of aromatic nitrogens is 2. The summed E-state index contributed by atoms with van der Waals surface area (Å²) in [5.41, 5.74) is 1.15. The Bertz CT molecular complexity index is 544. The molecule has 5 nitrogen and oxygen atoms in total. The summed E-state index contributed by atoms with van der Waals surface area (Å²) in [4.78, 5) is 11.8. The Morgan fingerprint density at radius 3 is 2.62 bits per heavy atom. The fourth-order valence-corrected chi connectivity index (χ4v) is 4.64. The highest BCUT2D eigenvalue weighted by Crippen LogP contribution is 2.35. The van der Waals surface area contributed by atoms with Gasteiger partial charge in [-0.15, -0.1) is 24.0 Å². The van der Waals surface area contributed by atoms with E-state index >= 15 is 0 Å². The topological polar surface area (TPSA) is 45.5 Å². The van der Waals surface area contributed by atoms with Crippen LogP contribution in [0.1, 0.15) is 50.0 Å². The van der Waals surface area contributed by atoms with E-state index in [1.165, 1.54) is 57.4 Å². The van der Waals surface area contributed by atoms with E-state index in [0.717, 1.165) is 43.0 Å². The van der Waals surface area contributed by atoms with Gasteiger partial charge in [0, 0.05) is 39.3 Å². The Kier molecular flexibility index (Phi) is 6.05. The molecule has 0 radical (unpaired) electrons. The normalized spacial score (nSPS) is 26.5. The number of rotatable bonds is 2. The van der Waals surface area contributed by atoms with Crippen molar-refractivity contribution in [1.29, 1.82) is 0 Å². The van der Waals surface area contributed by atoms with Crippen molar-refractivity contribution in [3.8, 4) is 0 Å². The van der Waals surface area contributed by atoms with Crippen molar-refractivity contribution in [1.82, 2.24) is 19.8 Å². The van der Waals surface area contributed by atoms with Gasteiger partial charge >= 0.3 is 0 Å². The van der Waals surface area contributed by atoms with Crippen LogP contribution in [0.2, 0.25) is 0 Å². The minimum Gasteiger partial charge on any atom is -0.351 e. The number of likely N-dealkylation sites (tertiary alicyclic amines) is 1. The second-order valence-electron chi connectivity index (χ2n) is 7.41. The van der Waals surface area contributed by atoms with Crippen LogP contribution in [0.5, 0.6) is 0 Å². The van der Waals surface area contributed by atoms with Gasteiger partial charge in [-0.3, -0.25) is 4.99 Å². The monoisotopic (exact) mass is 443 g/mol. The van der Waals surface area contributed by atoms with Crippen LogP contribution in [0.3, 0.4) is 0 Å². The van der Waals surface area contributed by atoms with E-state index in [9.17, 15) is 0 Å². The van der Waals surface area contributed by atoms with Gasteiger partial charge in [0.25, 0.3) is 0 Å². The van der Waals surface area contributed by atoms with Gasteiger partial charge in [-0.25, -0.2) is 4.98 Å². The molecule has 0 amide bonds. The Labute approximate surface area is 162 Å². The minimum atomic E-state index is 0. The summed E-state index contributed by atoms with van der Waals surface area (Å²) in [6.07, 6.45) is 11.6. The molecule has 3 heterocycles. The number of guanidine groups is 1. The smallest absolute Gasteiger partial charge is 0.193 e. The zero-order valence-corrected chi connectivity index (χ0v) is 17.0. The van der Waals surface area contributed by atoms with Crippen molar-refractivity contribution < 1.29 is 0 Å². The molecule has 6 heteroatoms. The average molecular weight is 443 g/mol. The number of aliphatic imine (C=N–C) groups is 1. The number of hydrogen-bond donors (Lipinski definition) is 1. The summed E-state index contributed by atoms with van der Waals surface area (Å²) in [7, 11) is 1.91. The molecular weight excluding hydrogens is 413 g/mol. The van der Waals surface area contributed by atoms with Crippen LogP contribution in [0.25, 0.3) is 0 Å². The molecule has 1 aromatic rings. The number of nitrogens with one attached hydrogen (secondary N) is 1. The molecule has 1 saturated carbocycles. The first-order chi connectivity index (χ1) is 11.3. The zero-order valence-electron chi connectivity index (χ0n) is 14.7. The Hall–Kier alpha value is -0.790.